The topological polar surface area (TPSA) is 115 Å². The molecule has 0 saturated carbocycles. The summed E-state index contributed by atoms with van der Waals surface area (Å²) in [6.07, 6.45) is -0.389. The van der Waals surface area contributed by atoms with E-state index in [1.54, 1.807) is 24.3 Å². The lowest BCUT2D eigenvalue weighted by molar-refractivity contribution is -0.155. The Balaban J connectivity index is 1.87. The molecule has 0 bridgehead atoms. The molecule has 0 heterocycles. The number of nitrogens with one attached hydrogen (secondary N) is 1. The Kier molecular flexibility index (Phi) is 7.11. The summed E-state index contributed by atoms with van der Waals surface area (Å²) in [5.74, 6) is -0.710. The van der Waals surface area contributed by atoms with Crippen LogP contribution in [0.1, 0.15) is 22.8 Å². The molecule has 0 aromatic heterocycles. The van der Waals surface area contributed by atoms with Crippen LogP contribution in [0.2, 0.25) is 0 Å². The number of amides is 1. The molecular formula is C20H18N2O6. The van der Waals surface area contributed by atoms with Crippen LogP contribution in [0.3, 0.4) is 0 Å². The molecule has 0 aliphatic carbocycles. The van der Waals surface area contributed by atoms with Gasteiger partial charge in [-0.2, -0.15) is 5.26 Å². The number of hydrogen-bond donors (Lipinski definition) is 1. The van der Waals surface area contributed by atoms with Crippen molar-refractivity contribution in [2.75, 3.05) is 19.0 Å². The Bertz CT molecular complexity index is 902. The molecule has 2 rings (SSSR count). The van der Waals surface area contributed by atoms with Gasteiger partial charge in [-0.1, -0.05) is 0 Å². The number of hydrogen-bond acceptors (Lipinski definition) is 7. The van der Waals surface area contributed by atoms with Crippen LogP contribution < -0.4 is 14.8 Å². The van der Waals surface area contributed by atoms with Crippen molar-refractivity contribution in [2.45, 2.75) is 13.0 Å². The summed E-state index contributed by atoms with van der Waals surface area (Å²) in [5, 5.41) is 11.3. The molecular weight excluding hydrogens is 364 g/mol. The Morgan fingerprint density at radius 3 is 2.50 bits per heavy atom. The van der Waals surface area contributed by atoms with Gasteiger partial charge in [0, 0.05) is 11.3 Å². The van der Waals surface area contributed by atoms with Gasteiger partial charge in [-0.3, -0.25) is 9.59 Å². The van der Waals surface area contributed by atoms with Gasteiger partial charge >= 0.3 is 5.97 Å². The van der Waals surface area contributed by atoms with E-state index in [1.165, 1.54) is 32.2 Å². The number of carbonyl (C=O) groups is 3. The van der Waals surface area contributed by atoms with Crippen LogP contribution in [0.25, 0.3) is 0 Å². The minimum atomic E-state index is -1.05. The van der Waals surface area contributed by atoms with Gasteiger partial charge < -0.3 is 19.5 Å². The number of carbonyl (C=O) groups excluding carboxylic acids is 3. The molecule has 0 aliphatic heterocycles. The number of rotatable bonds is 8. The Labute approximate surface area is 161 Å². The van der Waals surface area contributed by atoms with Gasteiger partial charge in [-0.25, -0.2) is 4.79 Å². The molecule has 1 N–H and O–H groups in total. The lowest BCUT2D eigenvalue weighted by Gasteiger charge is -2.15. The molecule has 8 nitrogen and oxygen atoms in total. The molecule has 0 unspecified atom stereocenters. The van der Waals surface area contributed by atoms with Gasteiger partial charge in [0.15, 0.2) is 24.2 Å². The number of nitrogens with zero attached hydrogens (tertiary/aromatic N) is 1. The predicted octanol–water partition coefficient (Wildman–Crippen LogP) is 2.33. The van der Waals surface area contributed by atoms with Crippen molar-refractivity contribution in [1.82, 2.24) is 0 Å². The number of nitriles is 1. The molecule has 1 atom stereocenters. The van der Waals surface area contributed by atoms with Gasteiger partial charge in [0.05, 0.1) is 18.7 Å². The van der Waals surface area contributed by atoms with E-state index < -0.39 is 24.6 Å². The number of methoxy groups -OCH3 is 1. The van der Waals surface area contributed by atoms with E-state index in [2.05, 4.69) is 5.32 Å². The largest absolute Gasteiger partial charge is 0.493 e. The Morgan fingerprint density at radius 2 is 1.89 bits per heavy atom. The SMILES string of the molecule is COc1cc(C=O)ccc1OCC(=O)O[C@H](C)C(=O)Nc1ccc(C#N)cc1. The number of ether oxygens (including phenoxy) is 3. The second-order valence-corrected chi connectivity index (χ2v) is 5.63. The van der Waals surface area contributed by atoms with Crippen molar-refractivity contribution in [2.24, 2.45) is 0 Å². The number of esters is 1. The fourth-order valence-corrected chi connectivity index (χ4v) is 2.17. The zero-order valence-electron chi connectivity index (χ0n) is 15.3. The number of anilines is 1. The molecule has 8 heteroatoms. The van der Waals surface area contributed by atoms with Gasteiger partial charge in [0.1, 0.15) is 6.29 Å². The van der Waals surface area contributed by atoms with Crippen LogP contribution in [0, 0.1) is 11.3 Å². The molecule has 0 fully saturated rings. The van der Waals surface area contributed by atoms with E-state index in [0.717, 1.165) is 0 Å². The smallest absolute Gasteiger partial charge is 0.344 e. The summed E-state index contributed by atoms with van der Waals surface area (Å²) in [6, 6.07) is 12.7. The third kappa shape index (κ3) is 5.57. The minimum absolute atomic E-state index is 0.264. The van der Waals surface area contributed by atoms with Gasteiger partial charge in [-0.05, 0) is 49.4 Å². The molecule has 144 valence electrons. The van der Waals surface area contributed by atoms with E-state index >= 15 is 0 Å². The maximum atomic E-state index is 12.1. The zero-order valence-corrected chi connectivity index (χ0v) is 15.3. The van der Waals surface area contributed by atoms with Crippen LogP contribution in [-0.4, -0.2) is 38.0 Å². The second-order valence-electron chi connectivity index (χ2n) is 5.63. The molecule has 28 heavy (non-hydrogen) atoms. The molecule has 2 aromatic carbocycles. The first-order valence-electron chi connectivity index (χ1n) is 8.23. The normalized spacial score (nSPS) is 10.9. The minimum Gasteiger partial charge on any atom is -0.493 e. The van der Waals surface area contributed by atoms with E-state index in [4.69, 9.17) is 19.5 Å². The van der Waals surface area contributed by atoms with Gasteiger partial charge in [0.2, 0.25) is 0 Å². The fraction of sp³-hybridized carbons (Fsp3) is 0.200. The van der Waals surface area contributed by atoms with Crippen LogP contribution in [0.4, 0.5) is 5.69 Å². The van der Waals surface area contributed by atoms with Crippen molar-refractivity contribution in [3.8, 4) is 17.6 Å². The summed E-state index contributed by atoms with van der Waals surface area (Å²) in [4.78, 5) is 34.8. The highest BCUT2D eigenvalue weighted by Crippen LogP contribution is 2.27. The summed E-state index contributed by atoms with van der Waals surface area (Å²) >= 11 is 0. The van der Waals surface area contributed by atoms with E-state index in [-0.39, 0.29) is 5.75 Å². The van der Waals surface area contributed by atoms with Crippen molar-refractivity contribution < 1.29 is 28.6 Å². The molecule has 0 radical (unpaired) electrons. The summed E-state index contributed by atoms with van der Waals surface area (Å²) in [5.41, 5.74) is 1.34. The first-order valence-corrected chi connectivity index (χ1v) is 8.23. The first kappa shape index (κ1) is 20.5. The Hall–Kier alpha value is -3.86. The monoisotopic (exact) mass is 382 g/mol. The predicted molar refractivity (Wildman–Crippen MR) is 99.2 cm³/mol. The molecule has 0 spiro atoms. The van der Waals surface area contributed by atoms with Crippen LogP contribution in [0.15, 0.2) is 42.5 Å². The lowest BCUT2D eigenvalue weighted by atomic mass is 10.2. The van der Waals surface area contributed by atoms with Crippen molar-refractivity contribution in [3.05, 3.63) is 53.6 Å². The van der Waals surface area contributed by atoms with E-state index in [1.807, 2.05) is 6.07 Å². The maximum Gasteiger partial charge on any atom is 0.344 e. The Morgan fingerprint density at radius 1 is 1.18 bits per heavy atom. The molecule has 2 aromatic rings. The van der Waals surface area contributed by atoms with E-state index in [9.17, 15) is 14.4 Å². The zero-order chi connectivity index (χ0) is 20.5. The maximum absolute atomic E-state index is 12.1. The van der Waals surface area contributed by atoms with Crippen LogP contribution >= 0.6 is 0 Å². The average molecular weight is 382 g/mol. The fourth-order valence-electron chi connectivity index (χ4n) is 2.17. The van der Waals surface area contributed by atoms with Crippen LogP contribution in [-0.2, 0) is 14.3 Å². The molecule has 0 aliphatic rings. The average Bonchev–Trinajstić information content (AvgIpc) is 2.72. The summed E-state index contributed by atoms with van der Waals surface area (Å²) in [7, 11) is 1.41. The third-order valence-electron chi connectivity index (χ3n) is 3.63. The van der Waals surface area contributed by atoms with Gasteiger partial charge in [0.25, 0.3) is 5.91 Å². The summed E-state index contributed by atoms with van der Waals surface area (Å²) in [6.45, 7) is 0.988. The summed E-state index contributed by atoms with van der Waals surface area (Å²) < 4.78 is 15.5. The van der Waals surface area contributed by atoms with E-state index in [0.29, 0.717) is 28.8 Å². The third-order valence-corrected chi connectivity index (χ3v) is 3.63. The quantitative estimate of drug-likeness (QED) is 0.550. The standard InChI is InChI=1S/C20H18N2O6/c1-13(20(25)22-16-6-3-14(10-21)4-7-16)28-19(24)12-27-17-8-5-15(11-23)9-18(17)26-2/h3-9,11,13H,12H2,1-2H3,(H,22,25)/t13-/m1/s1. The highest BCUT2D eigenvalue weighted by Gasteiger charge is 2.19. The number of aldehydes is 1. The number of benzene rings is 2. The van der Waals surface area contributed by atoms with Crippen molar-refractivity contribution in [1.29, 1.82) is 5.26 Å². The highest BCUT2D eigenvalue weighted by atomic mass is 16.6. The van der Waals surface area contributed by atoms with Crippen molar-refractivity contribution in [3.63, 3.8) is 0 Å². The van der Waals surface area contributed by atoms with Crippen LogP contribution in [0.5, 0.6) is 11.5 Å². The molecule has 0 saturated heterocycles. The highest BCUT2D eigenvalue weighted by molar-refractivity contribution is 5.95. The second kappa shape index (κ2) is 9.73. The van der Waals surface area contributed by atoms with Crippen molar-refractivity contribution >= 4 is 23.9 Å². The molecule has 1 amide bonds. The first-order chi connectivity index (χ1) is 13.5. The van der Waals surface area contributed by atoms with Gasteiger partial charge in [-0.15, -0.1) is 0 Å². The lowest BCUT2D eigenvalue weighted by Crippen LogP contribution is -2.31.